The van der Waals surface area contributed by atoms with Gasteiger partial charge in [-0.25, -0.2) is 9.97 Å². The molecular formula is C17H21N5. The minimum Gasteiger partial charge on any atom is -0.372 e. The van der Waals surface area contributed by atoms with Crippen molar-refractivity contribution >= 4 is 23.0 Å². The Morgan fingerprint density at radius 2 is 1.68 bits per heavy atom. The lowest BCUT2D eigenvalue weighted by molar-refractivity contribution is 0.949. The standard InChI is InChI=1S/C17H21N5/c1-2-10-22(9-1)15-7-5-14(6-8-15)21-17-11-16(18-12-19-17)20-13-3-4-13/h5-8,11-13H,1-4,9-10H2,(H2,18,19,20,21). The van der Waals surface area contributed by atoms with Gasteiger partial charge in [0.15, 0.2) is 0 Å². The van der Waals surface area contributed by atoms with E-state index in [2.05, 4.69) is 49.8 Å². The van der Waals surface area contributed by atoms with E-state index in [4.69, 9.17) is 0 Å². The lowest BCUT2D eigenvalue weighted by Gasteiger charge is -2.18. The molecule has 1 saturated carbocycles. The Morgan fingerprint density at radius 3 is 2.41 bits per heavy atom. The highest BCUT2D eigenvalue weighted by molar-refractivity contribution is 5.62. The van der Waals surface area contributed by atoms with Crippen molar-refractivity contribution in [3.05, 3.63) is 36.7 Å². The number of nitrogens with zero attached hydrogens (tertiary/aromatic N) is 3. The molecule has 4 rings (SSSR count). The summed E-state index contributed by atoms with van der Waals surface area (Å²) in [6, 6.07) is 11.2. The molecule has 1 saturated heterocycles. The van der Waals surface area contributed by atoms with Crippen LogP contribution in [0.1, 0.15) is 25.7 Å². The maximum atomic E-state index is 4.29. The molecule has 5 nitrogen and oxygen atoms in total. The molecule has 2 heterocycles. The molecule has 2 aromatic rings. The van der Waals surface area contributed by atoms with E-state index in [1.807, 2.05) is 6.07 Å². The predicted octanol–water partition coefficient (Wildman–Crippen LogP) is 3.39. The summed E-state index contributed by atoms with van der Waals surface area (Å²) in [4.78, 5) is 11.0. The first-order valence-corrected chi connectivity index (χ1v) is 8.07. The van der Waals surface area contributed by atoms with Crippen LogP contribution in [0.4, 0.5) is 23.0 Å². The summed E-state index contributed by atoms with van der Waals surface area (Å²) in [7, 11) is 0. The van der Waals surface area contributed by atoms with E-state index in [-0.39, 0.29) is 0 Å². The topological polar surface area (TPSA) is 53.1 Å². The lowest BCUT2D eigenvalue weighted by atomic mass is 10.2. The summed E-state index contributed by atoms with van der Waals surface area (Å²) in [5, 5.41) is 6.74. The molecule has 5 heteroatoms. The van der Waals surface area contributed by atoms with Crippen LogP contribution in [-0.4, -0.2) is 29.1 Å². The SMILES string of the molecule is c1nc(Nc2ccc(N3CCCC3)cc2)cc(NC2CC2)n1. The fourth-order valence-corrected chi connectivity index (χ4v) is 2.82. The summed E-state index contributed by atoms with van der Waals surface area (Å²) >= 11 is 0. The molecule has 114 valence electrons. The maximum Gasteiger partial charge on any atom is 0.135 e. The number of anilines is 4. The number of rotatable bonds is 5. The summed E-state index contributed by atoms with van der Waals surface area (Å²) < 4.78 is 0. The highest BCUT2D eigenvalue weighted by atomic mass is 15.1. The van der Waals surface area contributed by atoms with Crippen molar-refractivity contribution in [2.75, 3.05) is 28.6 Å². The van der Waals surface area contributed by atoms with E-state index in [9.17, 15) is 0 Å². The Hall–Kier alpha value is -2.30. The fraction of sp³-hybridized carbons (Fsp3) is 0.412. The molecule has 22 heavy (non-hydrogen) atoms. The number of hydrogen-bond acceptors (Lipinski definition) is 5. The van der Waals surface area contributed by atoms with Crippen LogP contribution >= 0.6 is 0 Å². The molecule has 2 aliphatic rings. The van der Waals surface area contributed by atoms with Gasteiger partial charge in [0, 0.05) is 36.6 Å². The summed E-state index contributed by atoms with van der Waals surface area (Å²) in [6.45, 7) is 2.35. The third-order valence-electron chi connectivity index (χ3n) is 4.21. The minimum absolute atomic E-state index is 0.600. The zero-order valence-electron chi connectivity index (χ0n) is 12.6. The first-order chi connectivity index (χ1) is 10.9. The second kappa shape index (κ2) is 5.83. The van der Waals surface area contributed by atoms with Gasteiger partial charge in [0.1, 0.15) is 18.0 Å². The second-order valence-corrected chi connectivity index (χ2v) is 6.07. The molecule has 1 aliphatic carbocycles. The number of aromatic nitrogens is 2. The van der Waals surface area contributed by atoms with Crippen molar-refractivity contribution in [1.82, 2.24) is 9.97 Å². The molecule has 0 bridgehead atoms. The Kier molecular flexibility index (Phi) is 3.54. The number of nitrogens with one attached hydrogen (secondary N) is 2. The van der Waals surface area contributed by atoms with E-state index >= 15 is 0 Å². The third kappa shape index (κ3) is 3.13. The van der Waals surface area contributed by atoms with Crippen LogP contribution < -0.4 is 15.5 Å². The molecule has 1 aromatic heterocycles. The van der Waals surface area contributed by atoms with E-state index in [1.54, 1.807) is 6.33 Å². The molecule has 1 aliphatic heterocycles. The van der Waals surface area contributed by atoms with Crippen molar-refractivity contribution in [1.29, 1.82) is 0 Å². The van der Waals surface area contributed by atoms with Gasteiger partial charge in [-0.2, -0.15) is 0 Å². The van der Waals surface area contributed by atoms with Crippen molar-refractivity contribution in [2.45, 2.75) is 31.7 Å². The van der Waals surface area contributed by atoms with Gasteiger partial charge in [-0.1, -0.05) is 0 Å². The molecule has 0 atom stereocenters. The van der Waals surface area contributed by atoms with Crippen LogP contribution in [0.15, 0.2) is 36.7 Å². The Morgan fingerprint density at radius 1 is 0.955 bits per heavy atom. The first kappa shape index (κ1) is 13.4. The monoisotopic (exact) mass is 295 g/mol. The van der Waals surface area contributed by atoms with E-state index in [0.717, 1.165) is 17.3 Å². The molecular weight excluding hydrogens is 274 g/mol. The van der Waals surface area contributed by atoms with Gasteiger partial charge in [0.2, 0.25) is 0 Å². The molecule has 0 spiro atoms. The number of hydrogen-bond donors (Lipinski definition) is 2. The van der Waals surface area contributed by atoms with Crippen LogP contribution in [0.2, 0.25) is 0 Å². The minimum atomic E-state index is 0.600. The summed E-state index contributed by atoms with van der Waals surface area (Å²) in [5.41, 5.74) is 2.36. The average Bonchev–Trinajstić information content (AvgIpc) is 3.18. The third-order valence-corrected chi connectivity index (χ3v) is 4.21. The molecule has 0 amide bonds. The first-order valence-electron chi connectivity index (χ1n) is 8.07. The van der Waals surface area contributed by atoms with Crippen LogP contribution in [0.3, 0.4) is 0 Å². The van der Waals surface area contributed by atoms with Crippen LogP contribution in [0.25, 0.3) is 0 Å². The maximum absolute atomic E-state index is 4.29. The quantitative estimate of drug-likeness (QED) is 0.885. The van der Waals surface area contributed by atoms with Crippen LogP contribution in [0.5, 0.6) is 0 Å². The predicted molar refractivity (Wildman–Crippen MR) is 89.8 cm³/mol. The molecule has 1 aromatic carbocycles. The van der Waals surface area contributed by atoms with Gasteiger partial charge in [-0.05, 0) is 49.9 Å². The molecule has 2 fully saturated rings. The van der Waals surface area contributed by atoms with Crippen molar-refractivity contribution in [3.63, 3.8) is 0 Å². The Labute approximate surface area is 130 Å². The van der Waals surface area contributed by atoms with Crippen molar-refractivity contribution in [3.8, 4) is 0 Å². The average molecular weight is 295 g/mol. The fourth-order valence-electron chi connectivity index (χ4n) is 2.82. The zero-order valence-corrected chi connectivity index (χ0v) is 12.6. The summed E-state index contributed by atoms with van der Waals surface area (Å²) in [5.74, 6) is 1.72. The Bertz CT molecular complexity index is 630. The van der Waals surface area contributed by atoms with Gasteiger partial charge in [0.25, 0.3) is 0 Å². The van der Waals surface area contributed by atoms with E-state index in [1.165, 1.54) is 44.5 Å². The van der Waals surface area contributed by atoms with Crippen LogP contribution in [0, 0.1) is 0 Å². The van der Waals surface area contributed by atoms with E-state index in [0.29, 0.717) is 6.04 Å². The Balaban J connectivity index is 1.43. The second-order valence-electron chi connectivity index (χ2n) is 6.07. The smallest absolute Gasteiger partial charge is 0.135 e. The largest absolute Gasteiger partial charge is 0.372 e. The van der Waals surface area contributed by atoms with E-state index < -0.39 is 0 Å². The summed E-state index contributed by atoms with van der Waals surface area (Å²) in [6.07, 6.45) is 6.69. The number of benzene rings is 1. The van der Waals surface area contributed by atoms with Crippen molar-refractivity contribution < 1.29 is 0 Å². The zero-order chi connectivity index (χ0) is 14.8. The van der Waals surface area contributed by atoms with Gasteiger partial charge >= 0.3 is 0 Å². The molecule has 2 N–H and O–H groups in total. The van der Waals surface area contributed by atoms with Gasteiger partial charge in [-0.15, -0.1) is 0 Å². The normalized spacial score (nSPS) is 17.5. The molecule has 0 radical (unpaired) electrons. The van der Waals surface area contributed by atoms with Crippen molar-refractivity contribution in [2.24, 2.45) is 0 Å². The highest BCUT2D eigenvalue weighted by Gasteiger charge is 2.21. The van der Waals surface area contributed by atoms with Gasteiger partial charge in [-0.3, -0.25) is 0 Å². The van der Waals surface area contributed by atoms with Crippen LogP contribution in [-0.2, 0) is 0 Å². The lowest BCUT2D eigenvalue weighted by Crippen LogP contribution is -2.17. The van der Waals surface area contributed by atoms with Gasteiger partial charge < -0.3 is 15.5 Å². The van der Waals surface area contributed by atoms with Gasteiger partial charge in [0.05, 0.1) is 0 Å². The highest BCUT2D eigenvalue weighted by Crippen LogP contribution is 2.26. The molecule has 0 unspecified atom stereocenters.